The van der Waals surface area contributed by atoms with Gasteiger partial charge in [0.05, 0.1) is 14.3 Å². The molecule has 2 aromatic rings. The van der Waals surface area contributed by atoms with Crippen LogP contribution in [0.25, 0.3) is 11.2 Å². The Kier molecular flexibility index (Phi) is 2.55. The van der Waals surface area contributed by atoms with Crippen molar-refractivity contribution in [1.29, 1.82) is 0 Å². The normalized spacial score (nSPS) is 35.7. The third-order valence-corrected chi connectivity index (χ3v) is 3.03. The van der Waals surface area contributed by atoms with Crippen LogP contribution in [0.5, 0.6) is 0 Å². The van der Waals surface area contributed by atoms with E-state index in [2.05, 4.69) is 15.0 Å². The Morgan fingerprint density at radius 3 is 2.84 bits per heavy atom. The first-order valence-electron chi connectivity index (χ1n) is 6.06. The van der Waals surface area contributed by atoms with Gasteiger partial charge in [-0.1, -0.05) is 0 Å². The summed E-state index contributed by atoms with van der Waals surface area (Å²) in [5.41, 5.74) is 6.28. The Morgan fingerprint density at radius 2 is 2.16 bits per heavy atom. The average molecular weight is 268 g/mol. The van der Waals surface area contributed by atoms with Crippen LogP contribution in [0.2, 0.25) is 0 Å². The van der Waals surface area contributed by atoms with Gasteiger partial charge in [0.25, 0.3) is 0 Å². The first-order chi connectivity index (χ1) is 9.48. The molecule has 0 spiro atoms. The number of nitrogen functional groups attached to an aromatic ring is 1. The number of imidazole rings is 1. The second kappa shape index (κ2) is 4.38. The summed E-state index contributed by atoms with van der Waals surface area (Å²) in [6.07, 6.45) is -3.52. The van der Waals surface area contributed by atoms with E-state index < -0.39 is 31.1 Å². The van der Waals surface area contributed by atoms with E-state index in [1.54, 1.807) is 0 Å². The third-order valence-electron chi connectivity index (χ3n) is 3.03. The van der Waals surface area contributed by atoms with Crippen molar-refractivity contribution >= 4 is 17.0 Å². The van der Waals surface area contributed by atoms with Gasteiger partial charge in [-0.3, -0.25) is 4.57 Å². The number of ether oxygens (including phenoxy) is 1. The lowest BCUT2D eigenvalue weighted by Gasteiger charge is -2.16. The molecule has 3 heterocycles. The first kappa shape index (κ1) is 11.1. The molecule has 5 N–H and O–H groups in total. The Morgan fingerprint density at radius 1 is 1.37 bits per heavy atom. The molecular formula is C10H13N5O4. The fraction of sp³-hybridized carbons (Fsp3) is 0.500. The molecule has 1 aliphatic rings. The van der Waals surface area contributed by atoms with Gasteiger partial charge in [-0.25, -0.2) is 15.0 Å². The molecular weight excluding hydrogens is 254 g/mol. The number of aliphatic hydroxyl groups is 3. The molecule has 9 heteroatoms. The summed E-state index contributed by atoms with van der Waals surface area (Å²) in [7, 11) is 0. The van der Waals surface area contributed by atoms with Gasteiger partial charge < -0.3 is 25.8 Å². The number of aromatic nitrogens is 4. The lowest BCUT2D eigenvalue weighted by Crippen LogP contribution is -2.33. The summed E-state index contributed by atoms with van der Waals surface area (Å²) in [5, 5.41) is 28.9. The van der Waals surface area contributed by atoms with E-state index >= 15 is 0 Å². The van der Waals surface area contributed by atoms with Gasteiger partial charge in [0, 0.05) is 0 Å². The van der Waals surface area contributed by atoms with E-state index in [1.807, 2.05) is 0 Å². The molecule has 0 aromatic carbocycles. The number of anilines is 1. The number of nitrogens with two attached hydrogens (primary N) is 1. The highest BCUT2D eigenvalue weighted by Gasteiger charge is 2.43. The second-order valence-corrected chi connectivity index (χ2v) is 4.15. The van der Waals surface area contributed by atoms with Gasteiger partial charge in [0.15, 0.2) is 17.7 Å². The maximum absolute atomic E-state index is 10.00. The molecule has 0 amide bonds. The molecule has 2 aromatic heterocycles. The number of aliphatic hydroxyl groups excluding tert-OH is 3. The van der Waals surface area contributed by atoms with Crippen LogP contribution in [0.15, 0.2) is 12.7 Å². The van der Waals surface area contributed by atoms with Crippen molar-refractivity contribution in [2.24, 2.45) is 0 Å². The van der Waals surface area contributed by atoms with E-state index in [9.17, 15) is 10.2 Å². The molecule has 0 bridgehead atoms. The van der Waals surface area contributed by atoms with Crippen molar-refractivity contribution in [1.82, 2.24) is 19.5 Å². The fourth-order valence-electron chi connectivity index (χ4n) is 2.05. The lowest BCUT2D eigenvalue weighted by atomic mass is 10.1. The van der Waals surface area contributed by atoms with Crippen LogP contribution in [0, 0.1) is 0 Å². The van der Waals surface area contributed by atoms with Gasteiger partial charge in [-0.2, -0.15) is 0 Å². The number of rotatable bonds is 2. The highest BCUT2D eigenvalue weighted by atomic mass is 16.6. The molecule has 1 aliphatic heterocycles. The largest absolute Gasteiger partial charge is 0.394 e. The van der Waals surface area contributed by atoms with Crippen LogP contribution >= 0.6 is 0 Å². The van der Waals surface area contributed by atoms with Gasteiger partial charge in [0.1, 0.15) is 30.1 Å². The summed E-state index contributed by atoms with van der Waals surface area (Å²) < 4.78 is 14.4. The zero-order valence-electron chi connectivity index (χ0n) is 10.7. The van der Waals surface area contributed by atoms with Crippen LogP contribution in [0.4, 0.5) is 5.82 Å². The third kappa shape index (κ3) is 1.75. The van der Waals surface area contributed by atoms with Gasteiger partial charge in [-0.05, 0) is 0 Å². The molecule has 102 valence electrons. The molecule has 0 radical (unpaired) electrons. The highest BCUT2D eigenvalue weighted by Crippen LogP contribution is 2.31. The van der Waals surface area contributed by atoms with Crippen LogP contribution < -0.4 is 5.73 Å². The second-order valence-electron chi connectivity index (χ2n) is 4.15. The van der Waals surface area contributed by atoms with Crippen molar-refractivity contribution in [3.05, 3.63) is 12.7 Å². The summed E-state index contributed by atoms with van der Waals surface area (Å²) in [5.74, 6) is 0.168. The average Bonchev–Trinajstić information content (AvgIpc) is 2.96. The monoisotopic (exact) mass is 268 g/mol. The van der Waals surface area contributed by atoms with E-state index in [0.29, 0.717) is 11.2 Å². The van der Waals surface area contributed by atoms with Gasteiger partial charge in [-0.15, -0.1) is 0 Å². The number of hydrogen-bond donors (Lipinski definition) is 4. The Bertz CT molecular complexity index is 652. The molecule has 19 heavy (non-hydrogen) atoms. The van der Waals surface area contributed by atoms with Crippen LogP contribution in [0.3, 0.4) is 0 Å². The Labute approximate surface area is 108 Å². The van der Waals surface area contributed by atoms with Crippen molar-refractivity contribution < 1.29 is 21.4 Å². The van der Waals surface area contributed by atoms with Gasteiger partial charge >= 0.3 is 0 Å². The number of hydrogen-bond acceptors (Lipinski definition) is 8. The van der Waals surface area contributed by atoms with E-state index in [4.69, 9.17) is 16.9 Å². The van der Waals surface area contributed by atoms with E-state index in [1.165, 1.54) is 17.2 Å². The van der Waals surface area contributed by atoms with Crippen molar-refractivity contribution in [3.63, 3.8) is 0 Å². The first-order valence-corrected chi connectivity index (χ1v) is 5.56. The smallest absolute Gasteiger partial charge is 0.167 e. The molecule has 0 saturated carbocycles. The van der Waals surface area contributed by atoms with Crippen molar-refractivity contribution in [2.75, 3.05) is 12.3 Å². The Balaban J connectivity index is 2.06. The summed E-state index contributed by atoms with van der Waals surface area (Å²) in [6, 6.07) is 0. The topological polar surface area (TPSA) is 140 Å². The molecule has 3 rings (SSSR count). The summed E-state index contributed by atoms with van der Waals surface area (Å²) in [6.45, 7) is -0.758. The molecule has 1 saturated heterocycles. The predicted molar refractivity (Wildman–Crippen MR) is 62.7 cm³/mol. The minimum absolute atomic E-state index is 0.168. The quantitative estimate of drug-likeness (QED) is 0.491. The summed E-state index contributed by atoms with van der Waals surface area (Å²) in [4.78, 5) is 11.8. The summed E-state index contributed by atoms with van der Waals surface area (Å²) >= 11 is 0. The standard InChI is InChI=1S/C10H13N5O4/c11-8-5-9(13-2-12-8)15(3-14-5)10-7(18)6(17)4(1-16)19-10/h2-4,6-7,10,16-18H,1H2,(H2,11,12,13)/t4-,6-,7-,10-/m1/s1/i4D. The van der Waals surface area contributed by atoms with Crippen molar-refractivity contribution in [3.8, 4) is 0 Å². The maximum atomic E-state index is 10.00. The van der Waals surface area contributed by atoms with Crippen LogP contribution in [0.1, 0.15) is 7.60 Å². The van der Waals surface area contributed by atoms with E-state index in [-0.39, 0.29) is 5.82 Å². The zero-order valence-corrected chi connectivity index (χ0v) is 9.71. The lowest BCUT2D eigenvalue weighted by molar-refractivity contribution is -0.0511. The van der Waals surface area contributed by atoms with Gasteiger partial charge in [0.2, 0.25) is 0 Å². The molecule has 9 nitrogen and oxygen atoms in total. The SMILES string of the molecule is [2H][C@]1(CO)O[C@@H](n2cnc3c(N)ncnc32)[C@H](O)[C@@H]1O. The molecule has 0 aliphatic carbocycles. The number of nitrogens with zero attached hydrogens (tertiary/aromatic N) is 4. The zero-order chi connectivity index (χ0) is 14.5. The predicted octanol–water partition coefficient (Wildman–Crippen LogP) is -1.98. The highest BCUT2D eigenvalue weighted by molar-refractivity contribution is 5.81. The minimum Gasteiger partial charge on any atom is -0.394 e. The number of fused-ring (bicyclic) bond motifs is 1. The minimum atomic E-state index is -2.00. The molecule has 4 atom stereocenters. The van der Waals surface area contributed by atoms with E-state index in [0.717, 1.165) is 0 Å². The van der Waals surface area contributed by atoms with Crippen LogP contribution in [-0.4, -0.2) is 59.7 Å². The molecule has 1 fully saturated rings. The fourth-order valence-corrected chi connectivity index (χ4v) is 2.05. The van der Waals surface area contributed by atoms with Crippen molar-refractivity contribution in [2.45, 2.75) is 24.5 Å². The molecule has 0 unspecified atom stereocenters. The maximum Gasteiger partial charge on any atom is 0.167 e. The van der Waals surface area contributed by atoms with Crippen LogP contribution in [-0.2, 0) is 4.74 Å². The Hall–Kier alpha value is -1.81.